The van der Waals surface area contributed by atoms with E-state index in [-0.39, 0.29) is 11.3 Å². The van der Waals surface area contributed by atoms with Crippen molar-refractivity contribution in [3.63, 3.8) is 0 Å². The molecule has 1 aromatic carbocycles. The number of carbonyl (C=O) groups is 1. The Morgan fingerprint density at radius 2 is 2.06 bits per heavy atom. The summed E-state index contributed by atoms with van der Waals surface area (Å²) in [7, 11) is 0. The number of rotatable bonds is 2. The summed E-state index contributed by atoms with van der Waals surface area (Å²) in [6.07, 6.45) is 4.26. The van der Waals surface area contributed by atoms with Gasteiger partial charge in [0.05, 0.1) is 0 Å². The van der Waals surface area contributed by atoms with Gasteiger partial charge >= 0.3 is 0 Å². The molecule has 3 N–H and O–H groups in total. The smallest absolute Gasteiger partial charge is 0.230 e. The number of benzene rings is 1. The van der Waals surface area contributed by atoms with Gasteiger partial charge < -0.3 is 11.1 Å². The zero-order valence-corrected chi connectivity index (χ0v) is 11.5. The summed E-state index contributed by atoms with van der Waals surface area (Å²) < 4.78 is 0.812. The Bertz CT molecular complexity index is 439. The molecule has 92 valence electrons. The molecule has 0 bridgehead atoms. The molecule has 1 fully saturated rings. The fourth-order valence-corrected chi connectivity index (χ4v) is 2.65. The summed E-state index contributed by atoms with van der Waals surface area (Å²) in [4.78, 5) is 12.2. The zero-order chi connectivity index (χ0) is 12.5. The number of hydrogen-bond donors (Lipinski definition) is 2. The summed E-state index contributed by atoms with van der Waals surface area (Å²) in [5.74, 6) is 0.117. The van der Waals surface area contributed by atoms with Crippen molar-refractivity contribution in [1.29, 1.82) is 0 Å². The highest BCUT2D eigenvalue weighted by atomic mass is 79.9. The van der Waals surface area contributed by atoms with E-state index in [1.54, 1.807) is 6.07 Å². The van der Waals surface area contributed by atoms with Crippen LogP contribution in [0.5, 0.6) is 0 Å². The third-order valence-electron chi connectivity index (χ3n) is 3.51. The minimum Gasteiger partial charge on any atom is -0.398 e. The predicted molar refractivity (Wildman–Crippen MR) is 73.8 cm³/mol. The van der Waals surface area contributed by atoms with Crippen LogP contribution in [0.2, 0.25) is 0 Å². The summed E-state index contributed by atoms with van der Waals surface area (Å²) in [6.45, 7) is 2.04. The molecule has 0 aliphatic heterocycles. The van der Waals surface area contributed by atoms with Crippen LogP contribution in [0.15, 0.2) is 22.7 Å². The molecule has 0 heterocycles. The van der Waals surface area contributed by atoms with E-state index in [0.29, 0.717) is 5.69 Å². The van der Waals surface area contributed by atoms with Gasteiger partial charge in [0, 0.05) is 21.3 Å². The lowest BCUT2D eigenvalue weighted by Gasteiger charge is -2.22. The minimum absolute atomic E-state index is 0.117. The Labute approximate surface area is 110 Å². The van der Waals surface area contributed by atoms with E-state index in [9.17, 15) is 4.79 Å². The average Bonchev–Trinajstić information content (AvgIpc) is 2.72. The Hall–Kier alpha value is -1.03. The lowest BCUT2D eigenvalue weighted by atomic mass is 9.88. The maximum atomic E-state index is 12.2. The van der Waals surface area contributed by atoms with Crippen LogP contribution in [-0.4, -0.2) is 5.91 Å². The lowest BCUT2D eigenvalue weighted by Crippen LogP contribution is -2.30. The molecule has 1 aliphatic carbocycles. The third-order valence-corrected chi connectivity index (χ3v) is 4.20. The van der Waals surface area contributed by atoms with Gasteiger partial charge in [0.15, 0.2) is 0 Å². The van der Waals surface area contributed by atoms with Crippen LogP contribution < -0.4 is 11.1 Å². The maximum absolute atomic E-state index is 12.2. The fraction of sp³-hybridized carbons (Fsp3) is 0.462. The largest absolute Gasteiger partial charge is 0.398 e. The second-order valence-electron chi connectivity index (χ2n) is 4.96. The summed E-state index contributed by atoms with van der Waals surface area (Å²) in [5.41, 5.74) is 6.98. The van der Waals surface area contributed by atoms with Crippen LogP contribution in [0, 0.1) is 5.41 Å². The van der Waals surface area contributed by atoms with E-state index < -0.39 is 0 Å². The van der Waals surface area contributed by atoms with Crippen molar-refractivity contribution in [2.45, 2.75) is 32.6 Å². The first-order valence-corrected chi connectivity index (χ1v) is 6.67. The molecule has 1 aromatic rings. The second-order valence-corrected chi connectivity index (χ2v) is 5.81. The molecule has 0 atom stereocenters. The zero-order valence-electron chi connectivity index (χ0n) is 9.92. The Balaban J connectivity index is 2.10. The molecule has 4 heteroatoms. The second kappa shape index (κ2) is 4.69. The molecule has 1 saturated carbocycles. The maximum Gasteiger partial charge on any atom is 0.230 e. The molecule has 3 nitrogen and oxygen atoms in total. The Kier molecular flexibility index (Phi) is 3.43. The normalized spacial score (nSPS) is 18.0. The van der Waals surface area contributed by atoms with Gasteiger partial charge in [0.1, 0.15) is 0 Å². The van der Waals surface area contributed by atoms with E-state index in [1.165, 1.54) is 0 Å². The SMILES string of the molecule is CC1(C(=O)Nc2ccc(N)c(Br)c2)CCCC1. The molecule has 0 aromatic heterocycles. The Morgan fingerprint density at radius 3 is 2.65 bits per heavy atom. The highest BCUT2D eigenvalue weighted by Gasteiger charge is 2.36. The highest BCUT2D eigenvalue weighted by Crippen LogP contribution is 2.38. The molecule has 1 aliphatic rings. The van der Waals surface area contributed by atoms with E-state index in [2.05, 4.69) is 21.2 Å². The average molecular weight is 297 g/mol. The van der Waals surface area contributed by atoms with Gasteiger partial charge in [-0.1, -0.05) is 19.8 Å². The number of amides is 1. The van der Waals surface area contributed by atoms with Crippen molar-refractivity contribution >= 4 is 33.2 Å². The highest BCUT2D eigenvalue weighted by molar-refractivity contribution is 9.10. The van der Waals surface area contributed by atoms with Crippen molar-refractivity contribution in [3.8, 4) is 0 Å². The molecule has 17 heavy (non-hydrogen) atoms. The van der Waals surface area contributed by atoms with E-state index in [1.807, 2.05) is 19.1 Å². The molecule has 0 unspecified atom stereocenters. The third kappa shape index (κ3) is 2.63. The van der Waals surface area contributed by atoms with Crippen LogP contribution in [-0.2, 0) is 4.79 Å². The van der Waals surface area contributed by atoms with Crippen molar-refractivity contribution in [2.75, 3.05) is 11.1 Å². The van der Waals surface area contributed by atoms with Gasteiger partial charge in [-0.05, 0) is 47.0 Å². The number of hydrogen-bond acceptors (Lipinski definition) is 2. The molecular weight excluding hydrogens is 280 g/mol. The molecule has 1 amide bonds. The molecule has 2 rings (SSSR count). The number of nitrogens with two attached hydrogens (primary N) is 1. The van der Waals surface area contributed by atoms with E-state index in [0.717, 1.165) is 35.8 Å². The number of halogens is 1. The van der Waals surface area contributed by atoms with Gasteiger partial charge in [-0.25, -0.2) is 0 Å². The van der Waals surface area contributed by atoms with Gasteiger partial charge in [-0.2, -0.15) is 0 Å². The molecular formula is C13H17BrN2O. The number of anilines is 2. The predicted octanol–water partition coefficient (Wildman–Crippen LogP) is 3.55. The first-order valence-electron chi connectivity index (χ1n) is 5.88. The molecule has 0 radical (unpaired) electrons. The number of carbonyl (C=O) groups excluding carboxylic acids is 1. The summed E-state index contributed by atoms with van der Waals surface area (Å²) in [6, 6.07) is 5.46. The van der Waals surface area contributed by atoms with Gasteiger partial charge in [-0.15, -0.1) is 0 Å². The topological polar surface area (TPSA) is 55.1 Å². The van der Waals surface area contributed by atoms with E-state index in [4.69, 9.17) is 5.73 Å². The van der Waals surface area contributed by atoms with Crippen molar-refractivity contribution < 1.29 is 4.79 Å². The van der Waals surface area contributed by atoms with Crippen LogP contribution >= 0.6 is 15.9 Å². The summed E-state index contributed by atoms with van der Waals surface area (Å²) >= 11 is 3.36. The molecule has 0 spiro atoms. The van der Waals surface area contributed by atoms with Crippen molar-refractivity contribution in [2.24, 2.45) is 5.41 Å². The quantitative estimate of drug-likeness (QED) is 0.820. The minimum atomic E-state index is -0.201. The van der Waals surface area contributed by atoms with Crippen LogP contribution in [0.25, 0.3) is 0 Å². The first kappa shape index (κ1) is 12.4. The van der Waals surface area contributed by atoms with Gasteiger partial charge in [-0.3, -0.25) is 4.79 Å². The van der Waals surface area contributed by atoms with E-state index >= 15 is 0 Å². The van der Waals surface area contributed by atoms with Crippen LogP contribution in [0.4, 0.5) is 11.4 Å². The Morgan fingerprint density at radius 1 is 1.41 bits per heavy atom. The van der Waals surface area contributed by atoms with Gasteiger partial charge in [0.25, 0.3) is 0 Å². The fourth-order valence-electron chi connectivity index (χ4n) is 2.27. The standard InChI is InChI=1S/C13H17BrN2O/c1-13(6-2-3-7-13)12(17)16-9-4-5-11(15)10(14)8-9/h4-5,8H,2-3,6-7,15H2,1H3,(H,16,17). The number of nitrogens with one attached hydrogen (secondary N) is 1. The van der Waals surface area contributed by atoms with Crippen molar-refractivity contribution in [1.82, 2.24) is 0 Å². The monoisotopic (exact) mass is 296 g/mol. The molecule has 0 saturated heterocycles. The summed E-state index contributed by atoms with van der Waals surface area (Å²) in [5, 5.41) is 2.97. The lowest BCUT2D eigenvalue weighted by molar-refractivity contribution is -0.124. The van der Waals surface area contributed by atoms with Crippen LogP contribution in [0.1, 0.15) is 32.6 Å². The van der Waals surface area contributed by atoms with Crippen LogP contribution in [0.3, 0.4) is 0 Å². The number of nitrogen functional groups attached to an aromatic ring is 1. The van der Waals surface area contributed by atoms with Gasteiger partial charge in [0.2, 0.25) is 5.91 Å². The van der Waals surface area contributed by atoms with Crippen molar-refractivity contribution in [3.05, 3.63) is 22.7 Å². The first-order chi connectivity index (χ1) is 8.01.